The topological polar surface area (TPSA) is 62.4 Å². The Bertz CT molecular complexity index is 366. The summed E-state index contributed by atoms with van der Waals surface area (Å²) in [6.45, 7) is 1.01. The van der Waals surface area contributed by atoms with Crippen molar-refractivity contribution in [2.24, 2.45) is 0 Å². The predicted molar refractivity (Wildman–Crippen MR) is 55.9 cm³/mol. The van der Waals surface area contributed by atoms with Crippen molar-refractivity contribution in [1.29, 1.82) is 0 Å². The molecular weight excluding hydrogens is 196 g/mol. The molecule has 0 atom stereocenters. The average Bonchev–Trinajstić information content (AvgIpc) is 2.26. The van der Waals surface area contributed by atoms with E-state index < -0.39 is 0 Å². The van der Waals surface area contributed by atoms with Gasteiger partial charge in [-0.05, 0) is 6.07 Å². The van der Waals surface area contributed by atoms with Gasteiger partial charge in [-0.1, -0.05) is 0 Å². The minimum Gasteiger partial charge on any atom is -0.383 e. The first-order chi connectivity index (χ1) is 7.15. The number of hydrogen-bond acceptors (Lipinski definition) is 3. The molecule has 1 N–H and O–H groups in total. The molecule has 0 radical (unpaired) electrons. The van der Waals surface area contributed by atoms with E-state index in [0.29, 0.717) is 18.7 Å². The van der Waals surface area contributed by atoms with Gasteiger partial charge in [-0.2, -0.15) is 0 Å². The molecule has 0 bridgehead atoms. The molecule has 0 aliphatic carbocycles. The number of carbonyl (C=O) groups excluding carboxylic acids is 1. The molecule has 15 heavy (non-hydrogen) atoms. The molecule has 5 heteroatoms. The SMILES string of the molecule is COCCN(C)C(=O)c1ccc(=O)[nH]c1. The number of carbonyl (C=O) groups is 1. The molecule has 0 fully saturated rings. The number of ether oxygens (including phenoxy) is 1. The number of rotatable bonds is 4. The summed E-state index contributed by atoms with van der Waals surface area (Å²) in [4.78, 5) is 26.5. The summed E-state index contributed by atoms with van der Waals surface area (Å²) in [6, 6.07) is 2.84. The number of hydrogen-bond donors (Lipinski definition) is 1. The summed E-state index contributed by atoms with van der Waals surface area (Å²) < 4.78 is 4.87. The second-order valence-corrected chi connectivity index (χ2v) is 3.16. The van der Waals surface area contributed by atoms with Crippen LogP contribution in [-0.4, -0.2) is 43.1 Å². The Labute approximate surface area is 87.7 Å². The van der Waals surface area contributed by atoms with Crippen molar-refractivity contribution in [3.05, 3.63) is 34.2 Å². The number of nitrogens with zero attached hydrogens (tertiary/aromatic N) is 1. The third kappa shape index (κ3) is 3.21. The van der Waals surface area contributed by atoms with Crippen LogP contribution >= 0.6 is 0 Å². The van der Waals surface area contributed by atoms with E-state index in [1.165, 1.54) is 23.2 Å². The number of amides is 1. The van der Waals surface area contributed by atoms with E-state index in [9.17, 15) is 9.59 Å². The summed E-state index contributed by atoms with van der Waals surface area (Å²) in [5, 5.41) is 0. The van der Waals surface area contributed by atoms with Crippen LogP contribution in [-0.2, 0) is 4.74 Å². The van der Waals surface area contributed by atoms with E-state index in [4.69, 9.17) is 4.74 Å². The zero-order valence-corrected chi connectivity index (χ0v) is 8.82. The van der Waals surface area contributed by atoms with Crippen molar-refractivity contribution in [3.63, 3.8) is 0 Å². The second kappa shape index (κ2) is 5.31. The Balaban J connectivity index is 2.67. The van der Waals surface area contributed by atoms with Crippen LogP contribution in [0.3, 0.4) is 0 Å². The molecule has 0 aromatic carbocycles. The highest BCUT2D eigenvalue weighted by atomic mass is 16.5. The normalized spacial score (nSPS) is 10.0. The fraction of sp³-hybridized carbons (Fsp3) is 0.400. The Hall–Kier alpha value is -1.62. The molecule has 82 valence electrons. The number of methoxy groups -OCH3 is 1. The molecule has 0 aliphatic rings. The van der Waals surface area contributed by atoms with Crippen molar-refractivity contribution in [3.8, 4) is 0 Å². The Morgan fingerprint density at radius 1 is 1.53 bits per heavy atom. The Morgan fingerprint density at radius 2 is 2.27 bits per heavy atom. The van der Waals surface area contributed by atoms with Gasteiger partial charge in [0.1, 0.15) is 0 Å². The summed E-state index contributed by atoms with van der Waals surface area (Å²) in [7, 11) is 3.27. The molecule has 0 aliphatic heterocycles. The number of aromatic amines is 1. The van der Waals surface area contributed by atoms with Gasteiger partial charge < -0.3 is 14.6 Å². The smallest absolute Gasteiger partial charge is 0.255 e. The molecule has 0 spiro atoms. The summed E-state index contributed by atoms with van der Waals surface area (Å²) in [6.07, 6.45) is 1.41. The number of pyridine rings is 1. The van der Waals surface area contributed by atoms with Crippen molar-refractivity contribution >= 4 is 5.91 Å². The van der Waals surface area contributed by atoms with Crippen LogP contribution in [0, 0.1) is 0 Å². The van der Waals surface area contributed by atoms with Gasteiger partial charge in [0, 0.05) is 33.0 Å². The highest BCUT2D eigenvalue weighted by molar-refractivity contribution is 5.93. The van der Waals surface area contributed by atoms with Crippen LogP contribution < -0.4 is 5.56 Å². The molecule has 0 saturated heterocycles. The summed E-state index contributed by atoms with van der Waals surface area (Å²) in [5.74, 6) is -0.136. The van der Waals surface area contributed by atoms with Crippen molar-refractivity contribution in [2.45, 2.75) is 0 Å². The Morgan fingerprint density at radius 3 is 2.80 bits per heavy atom. The summed E-state index contributed by atoms with van der Waals surface area (Å²) >= 11 is 0. The molecule has 1 amide bonds. The fourth-order valence-corrected chi connectivity index (χ4v) is 1.09. The molecule has 1 rings (SSSR count). The van der Waals surface area contributed by atoms with E-state index >= 15 is 0 Å². The lowest BCUT2D eigenvalue weighted by Crippen LogP contribution is -2.30. The molecule has 5 nitrogen and oxygen atoms in total. The van der Waals surface area contributed by atoms with E-state index in [-0.39, 0.29) is 11.5 Å². The number of H-pyrrole nitrogens is 1. The lowest BCUT2D eigenvalue weighted by atomic mass is 10.2. The van der Waals surface area contributed by atoms with E-state index in [0.717, 1.165) is 0 Å². The monoisotopic (exact) mass is 210 g/mol. The van der Waals surface area contributed by atoms with Crippen LogP contribution in [0.25, 0.3) is 0 Å². The molecule has 0 unspecified atom stereocenters. The molecule has 0 saturated carbocycles. The van der Waals surface area contributed by atoms with Gasteiger partial charge in [0.05, 0.1) is 12.2 Å². The van der Waals surface area contributed by atoms with E-state index in [1.807, 2.05) is 0 Å². The number of aromatic nitrogens is 1. The number of nitrogens with one attached hydrogen (secondary N) is 1. The maximum absolute atomic E-state index is 11.7. The molecule has 1 heterocycles. The van der Waals surface area contributed by atoms with Gasteiger partial charge in [0.25, 0.3) is 5.91 Å². The fourth-order valence-electron chi connectivity index (χ4n) is 1.09. The van der Waals surface area contributed by atoms with Crippen LogP contribution in [0.15, 0.2) is 23.1 Å². The van der Waals surface area contributed by atoms with E-state index in [2.05, 4.69) is 4.98 Å². The van der Waals surface area contributed by atoms with Gasteiger partial charge in [0.2, 0.25) is 5.56 Å². The molecule has 1 aromatic rings. The molecule has 1 aromatic heterocycles. The van der Waals surface area contributed by atoms with Gasteiger partial charge in [-0.3, -0.25) is 9.59 Å². The van der Waals surface area contributed by atoms with Gasteiger partial charge >= 0.3 is 0 Å². The average molecular weight is 210 g/mol. The second-order valence-electron chi connectivity index (χ2n) is 3.16. The third-order valence-corrected chi connectivity index (χ3v) is 2.01. The number of likely N-dealkylation sites (N-methyl/N-ethyl adjacent to an activating group) is 1. The molecular formula is C10H14N2O3. The van der Waals surface area contributed by atoms with Crippen molar-refractivity contribution in [2.75, 3.05) is 27.3 Å². The minimum absolute atomic E-state index is 0.136. The maximum Gasteiger partial charge on any atom is 0.255 e. The van der Waals surface area contributed by atoms with Crippen LogP contribution in [0.5, 0.6) is 0 Å². The van der Waals surface area contributed by atoms with Gasteiger partial charge in [-0.15, -0.1) is 0 Å². The lowest BCUT2D eigenvalue weighted by Gasteiger charge is -2.16. The Kier molecular flexibility index (Phi) is 4.05. The van der Waals surface area contributed by atoms with Gasteiger partial charge in [0.15, 0.2) is 0 Å². The van der Waals surface area contributed by atoms with E-state index in [1.54, 1.807) is 14.2 Å². The zero-order chi connectivity index (χ0) is 11.3. The standard InChI is InChI=1S/C10H14N2O3/c1-12(5-6-15-2)10(14)8-3-4-9(13)11-7-8/h3-4,7H,5-6H2,1-2H3,(H,11,13). The predicted octanol–water partition coefficient (Wildman–Crippen LogP) is 0.0933. The van der Waals surface area contributed by atoms with Crippen LogP contribution in [0.1, 0.15) is 10.4 Å². The van der Waals surface area contributed by atoms with Crippen molar-refractivity contribution < 1.29 is 9.53 Å². The maximum atomic E-state index is 11.7. The third-order valence-electron chi connectivity index (χ3n) is 2.01. The lowest BCUT2D eigenvalue weighted by molar-refractivity contribution is 0.0744. The van der Waals surface area contributed by atoms with Gasteiger partial charge in [-0.25, -0.2) is 0 Å². The zero-order valence-electron chi connectivity index (χ0n) is 8.82. The highest BCUT2D eigenvalue weighted by Gasteiger charge is 2.10. The summed E-state index contributed by atoms with van der Waals surface area (Å²) in [5.41, 5.74) is 0.249. The van der Waals surface area contributed by atoms with Crippen LogP contribution in [0.2, 0.25) is 0 Å². The van der Waals surface area contributed by atoms with Crippen LogP contribution in [0.4, 0.5) is 0 Å². The quantitative estimate of drug-likeness (QED) is 0.766. The van der Waals surface area contributed by atoms with Crippen molar-refractivity contribution in [1.82, 2.24) is 9.88 Å². The first-order valence-electron chi connectivity index (χ1n) is 4.58. The highest BCUT2D eigenvalue weighted by Crippen LogP contribution is 1.99. The first kappa shape index (κ1) is 11.5. The largest absolute Gasteiger partial charge is 0.383 e. The minimum atomic E-state index is -0.217. The first-order valence-corrected chi connectivity index (χ1v) is 4.58.